The Labute approximate surface area is 147 Å². The summed E-state index contributed by atoms with van der Waals surface area (Å²) in [6, 6.07) is 3.02. The van der Waals surface area contributed by atoms with Gasteiger partial charge in [-0.1, -0.05) is 11.6 Å². The van der Waals surface area contributed by atoms with Crippen LogP contribution in [-0.2, 0) is 9.84 Å². The predicted octanol–water partition coefficient (Wildman–Crippen LogP) is 2.44. The number of carbonyl (C=O) groups excluding carboxylic acids is 1. The minimum absolute atomic E-state index is 0.0643. The van der Waals surface area contributed by atoms with Crippen molar-refractivity contribution in [1.82, 2.24) is 5.32 Å². The number of ether oxygens (including phenoxy) is 2. The smallest absolute Gasteiger partial charge is 0.251 e. The molecular formula is C16H22ClNO5S. The Balaban J connectivity index is 2.26. The summed E-state index contributed by atoms with van der Waals surface area (Å²) in [5, 5.41) is 3.05. The second-order valence-corrected chi connectivity index (χ2v) is 9.10. The first-order chi connectivity index (χ1) is 11.1. The van der Waals surface area contributed by atoms with E-state index < -0.39 is 21.3 Å². The number of hydrogen-bond acceptors (Lipinski definition) is 5. The minimum Gasteiger partial charge on any atom is -0.493 e. The second kappa shape index (κ2) is 6.80. The van der Waals surface area contributed by atoms with Gasteiger partial charge in [-0.3, -0.25) is 4.79 Å². The van der Waals surface area contributed by atoms with Crippen LogP contribution in [0, 0.1) is 0 Å². The summed E-state index contributed by atoms with van der Waals surface area (Å²) in [4.78, 5) is 12.5. The standard InChI is InChI=1S/C16H22ClNO5S/c1-10(2)23-14-12(17)7-11(8-13(14)22-4)15(19)18-16(3)5-6-24(20,21)9-16/h7-8,10H,5-6,9H2,1-4H3,(H,18,19)/t16-/m0/s1. The van der Waals surface area contributed by atoms with E-state index in [1.54, 1.807) is 6.92 Å². The zero-order valence-corrected chi connectivity index (χ0v) is 15.8. The van der Waals surface area contributed by atoms with E-state index in [4.69, 9.17) is 21.1 Å². The summed E-state index contributed by atoms with van der Waals surface area (Å²) in [6.07, 6.45) is 0.291. The number of carbonyl (C=O) groups is 1. The van der Waals surface area contributed by atoms with Crippen LogP contribution in [0.1, 0.15) is 37.6 Å². The summed E-state index contributed by atoms with van der Waals surface area (Å²) in [5.74, 6) is 0.344. The molecule has 2 rings (SSSR count). The highest BCUT2D eigenvalue weighted by Gasteiger charge is 2.39. The van der Waals surface area contributed by atoms with Crippen molar-refractivity contribution in [2.24, 2.45) is 0 Å². The van der Waals surface area contributed by atoms with Gasteiger partial charge in [0.1, 0.15) is 0 Å². The molecule has 0 aliphatic carbocycles. The van der Waals surface area contributed by atoms with Crippen LogP contribution in [0.15, 0.2) is 12.1 Å². The van der Waals surface area contributed by atoms with Gasteiger partial charge in [0.05, 0.1) is 35.3 Å². The van der Waals surface area contributed by atoms with Crippen molar-refractivity contribution in [3.8, 4) is 11.5 Å². The third kappa shape index (κ3) is 4.33. The normalized spacial score (nSPS) is 22.4. The molecule has 1 amide bonds. The Hall–Kier alpha value is -1.47. The Kier molecular flexibility index (Phi) is 5.34. The number of halogens is 1. The van der Waals surface area contributed by atoms with Crippen LogP contribution in [0.25, 0.3) is 0 Å². The minimum atomic E-state index is -3.11. The molecule has 1 aromatic carbocycles. The number of benzene rings is 1. The van der Waals surface area contributed by atoms with Crippen LogP contribution in [0.5, 0.6) is 11.5 Å². The Morgan fingerprint density at radius 1 is 1.38 bits per heavy atom. The molecule has 1 N–H and O–H groups in total. The number of rotatable bonds is 5. The van der Waals surface area contributed by atoms with E-state index in [1.165, 1.54) is 19.2 Å². The van der Waals surface area contributed by atoms with Gasteiger partial charge < -0.3 is 14.8 Å². The fraction of sp³-hybridized carbons (Fsp3) is 0.562. The Bertz CT molecular complexity index is 747. The van der Waals surface area contributed by atoms with Crippen molar-refractivity contribution < 1.29 is 22.7 Å². The van der Waals surface area contributed by atoms with Gasteiger partial charge in [0, 0.05) is 5.56 Å². The molecule has 1 atom stereocenters. The maximum absolute atomic E-state index is 12.5. The number of amides is 1. The topological polar surface area (TPSA) is 81.7 Å². The molecule has 134 valence electrons. The summed E-state index contributed by atoms with van der Waals surface area (Å²) in [5.41, 5.74) is -0.485. The van der Waals surface area contributed by atoms with E-state index in [0.717, 1.165) is 0 Å². The van der Waals surface area contributed by atoms with Gasteiger partial charge in [0.15, 0.2) is 21.3 Å². The summed E-state index contributed by atoms with van der Waals surface area (Å²) < 4.78 is 34.2. The van der Waals surface area contributed by atoms with Gasteiger partial charge in [0.25, 0.3) is 5.91 Å². The van der Waals surface area contributed by atoms with Gasteiger partial charge >= 0.3 is 0 Å². The van der Waals surface area contributed by atoms with E-state index >= 15 is 0 Å². The first kappa shape index (κ1) is 18.9. The molecule has 1 fully saturated rings. The lowest BCUT2D eigenvalue weighted by molar-refractivity contribution is 0.0915. The van der Waals surface area contributed by atoms with Crippen molar-refractivity contribution in [3.05, 3.63) is 22.7 Å². The van der Waals surface area contributed by atoms with E-state index in [1.807, 2.05) is 13.8 Å². The zero-order chi connectivity index (χ0) is 18.1. The van der Waals surface area contributed by atoms with Gasteiger partial charge in [-0.15, -0.1) is 0 Å². The first-order valence-electron chi connectivity index (χ1n) is 7.62. The maximum atomic E-state index is 12.5. The molecule has 0 radical (unpaired) electrons. The van der Waals surface area contributed by atoms with Crippen LogP contribution in [0.3, 0.4) is 0 Å². The molecule has 8 heteroatoms. The molecular weight excluding hydrogens is 354 g/mol. The lowest BCUT2D eigenvalue weighted by Gasteiger charge is -2.24. The van der Waals surface area contributed by atoms with Gasteiger partial charge in [-0.25, -0.2) is 8.42 Å². The number of nitrogens with one attached hydrogen (secondary N) is 1. The second-order valence-electron chi connectivity index (χ2n) is 6.51. The van der Waals surface area contributed by atoms with Crippen LogP contribution in [-0.4, -0.2) is 44.6 Å². The van der Waals surface area contributed by atoms with Crippen LogP contribution < -0.4 is 14.8 Å². The number of hydrogen-bond donors (Lipinski definition) is 1. The molecule has 0 saturated carbocycles. The van der Waals surface area contributed by atoms with Crippen LogP contribution in [0.4, 0.5) is 0 Å². The molecule has 0 spiro atoms. The molecule has 1 heterocycles. The summed E-state index contributed by atoms with van der Waals surface area (Å²) >= 11 is 6.22. The molecule has 1 aromatic rings. The van der Waals surface area contributed by atoms with Gasteiger partial charge in [-0.05, 0) is 39.3 Å². The Morgan fingerprint density at radius 2 is 2.04 bits per heavy atom. The lowest BCUT2D eigenvalue weighted by Crippen LogP contribution is -2.46. The quantitative estimate of drug-likeness (QED) is 0.854. The molecule has 6 nitrogen and oxygen atoms in total. The Morgan fingerprint density at radius 3 is 2.54 bits per heavy atom. The largest absolute Gasteiger partial charge is 0.493 e. The van der Waals surface area contributed by atoms with E-state index in [2.05, 4.69) is 5.32 Å². The van der Waals surface area contributed by atoms with E-state index in [0.29, 0.717) is 23.5 Å². The fourth-order valence-corrected chi connectivity index (χ4v) is 5.00. The maximum Gasteiger partial charge on any atom is 0.251 e. The fourth-order valence-electron chi connectivity index (χ4n) is 2.66. The predicted molar refractivity (Wildman–Crippen MR) is 92.9 cm³/mol. The highest BCUT2D eigenvalue weighted by Crippen LogP contribution is 2.37. The third-order valence-electron chi connectivity index (χ3n) is 3.76. The summed E-state index contributed by atoms with van der Waals surface area (Å²) in [7, 11) is -1.64. The van der Waals surface area contributed by atoms with Gasteiger partial charge in [-0.2, -0.15) is 0 Å². The van der Waals surface area contributed by atoms with E-state index in [9.17, 15) is 13.2 Å². The lowest BCUT2D eigenvalue weighted by atomic mass is 10.0. The first-order valence-corrected chi connectivity index (χ1v) is 9.82. The average molecular weight is 376 g/mol. The summed E-state index contributed by atoms with van der Waals surface area (Å²) in [6.45, 7) is 5.44. The highest BCUT2D eigenvalue weighted by atomic mass is 35.5. The monoisotopic (exact) mass is 375 g/mol. The van der Waals surface area contributed by atoms with Crippen LogP contribution >= 0.6 is 11.6 Å². The molecule has 1 aliphatic rings. The highest BCUT2D eigenvalue weighted by molar-refractivity contribution is 7.91. The van der Waals surface area contributed by atoms with Crippen molar-refractivity contribution in [1.29, 1.82) is 0 Å². The molecule has 1 saturated heterocycles. The van der Waals surface area contributed by atoms with Crippen molar-refractivity contribution >= 4 is 27.3 Å². The molecule has 0 bridgehead atoms. The number of sulfone groups is 1. The molecule has 0 unspecified atom stereocenters. The van der Waals surface area contributed by atoms with Gasteiger partial charge in [0.2, 0.25) is 0 Å². The molecule has 1 aliphatic heterocycles. The van der Waals surface area contributed by atoms with E-state index in [-0.39, 0.29) is 22.6 Å². The molecule has 24 heavy (non-hydrogen) atoms. The van der Waals surface area contributed by atoms with Crippen molar-refractivity contribution in [2.75, 3.05) is 18.6 Å². The number of methoxy groups -OCH3 is 1. The SMILES string of the molecule is COc1cc(C(=O)N[C@@]2(C)CCS(=O)(=O)C2)cc(Cl)c1OC(C)C. The zero-order valence-electron chi connectivity index (χ0n) is 14.2. The third-order valence-corrected chi connectivity index (χ3v) is 5.95. The van der Waals surface area contributed by atoms with Crippen LogP contribution in [0.2, 0.25) is 5.02 Å². The average Bonchev–Trinajstić information content (AvgIpc) is 2.73. The van der Waals surface area contributed by atoms with Crippen molar-refractivity contribution in [3.63, 3.8) is 0 Å². The molecule has 0 aromatic heterocycles. The van der Waals surface area contributed by atoms with Crippen molar-refractivity contribution in [2.45, 2.75) is 38.8 Å².